The molecule has 0 aliphatic carbocycles. The van der Waals surface area contributed by atoms with Crippen LogP contribution in [0.4, 0.5) is 0 Å². The molecule has 0 spiro atoms. The minimum absolute atomic E-state index is 0.0929. The van der Waals surface area contributed by atoms with Crippen LogP contribution in [-0.2, 0) is 4.79 Å². The molecule has 30 heavy (non-hydrogen) atoms. The number of hydrazone groups is 1. The van der Waals surface area contributed by atoms with Crippen LogP contribution in [0.3, 0.4) is 0 Å². The molecule has 1 amide bonds. The number of hydrogen-bond acceptors (Lipinski definition) is 3. The van der Waals surface area contributed by atoms with Crippen LogP contribution in [-0.4, -0.2) is 18.2 Å². The van der Waals surface area contributed by atoms with Crippen molar-refractivity contribution in [3.8, 4) is 16.9 Å². The summed E-state index contributed by atoms with van der Waals surface area (Å²) >= 11 is 0. The Labute approximate surface area is 178 Å². The number of carbonyl (C=O) groups excluding carboxylic acids is 1. The van der Waals surface area contributed by atoms with Gasteiger partial charge < -0.3 is 4.74 Å². The van der Waals surface area contributed by atoms with E-state index in [4.69, 9.17) is 4.74 Å². The van der Waals surface area contributed by atoms with E-state index in [1.807, 2.05) is 84.9 Å². The van der Waals surface area contributed by atoms with Crippen LogP contribution in [0.1, 0.15) is 38.2 Å². The Kier molecular flexibility index (Phi) is 8.22. The van der Waals surface area contributed by atoms with Crippen LogP contribution in [0.25, 0.3) is 11.1 Å². The summed E-state index contributed by atoms with van der Waals surface area (Å²) in [5.74, 6) is 0.399. The molecule has 1 N–H and O–H groups in total. The predicted molar refractivity (Wildman–Crippen MR) is 123 cm³/mol. The van der Waals surface area contributed by atoms with E-state index >= 15 is 0 Å². The number of amides is 1. The number of rotatable bonds is 10. The Morgan fingerprint density at radius 1 is 0.867 bits per heavy atom. The van der Waals surface area contributed by atoms with Crippen LogP contribution in [0.5, 0.6) is 5.75 Å². The second-order valence-corrected chi connectivity index (χ2v) is 7.07. The normalized spacial score (nSPS) is 11.2. The molecule has 0 heterocycles. The molecule has 3 aromatic rings. The first-order valence-electron chi connectivity index (χ1n) is 10.5. The average molecular weight is 401 g/mol. The highest BCUT2D eigenvalue weighted by Crippen LogP contribution is 2.29. The van der Waals surface area contributed by atoms with Gasteiger partial charge in [0.1, 0.15) is 5.75 Å². The lowest BCUT2D eigenvalue weighted by molar-refractivity contribution is -0.123. The Hall–Kier alpha value is -3.40. The van der Waals surface area contributed by atoms with Crippen molar-refractivity contribution in [2.75, 3.05) is 6.61 Å². The Morgan fingerprint density at radius 2 is 1.53 bits per heavy atom. The SMILES string of the molecule is CCCCCC(=NNC(=O)COc1ccccc1-c1ccccc1)c1ccccc1. The van der Waals surface area contributed by atoms with Gasteiger partial charge in [0, 0.05) is 5.56 Å². The predicted octanol–water partition coefficient (Wildman–Crippen LogP) is 5.83. The highest BCUT2D eigenvalue weighted by molar-refractivity contribution is 6.01. The van der Waals surface area contributed by atoms with Crippen LogP contribution in [0.15, 0.2) is 90.0 Å². The Balaban J connectivity index is 1.64. The number of para-hydroxylation sites is 1. The fourth-order valence-corrected chi connectivity index (χ4v) is 3.19. The van der Waals surface area contributed by atoms with E-state index in [0.29, 0.717) is 5.75 Å². The lowest BCUT2D eigenvalue weighted by Gasteiger charge is -2.11. The molecule has 0 aromatic heterocycles. The lowest BCUT2D eigenvalue weighted by Crippen LogP contribution is -2.26. The highest BCUT2D eigenvalue weighted by Gasteiger charge is 2.09. The molecule has 154 valence electrons. The van der Waals surface area contributed by atoms with Crippen LogP contribution in [0, 0.1) is 0 Å². The summed E-state index contributed by atoms with van der Waals surface area (Å²) in [5.41, 5.74) is 6.59. The minimum Gasteiger partial charge on any atom is -0.483 e. The number of nitrogens with zero attached hydrogens (tertiary/aromatic N) is 1. The summed E-state index contributed by atoms with van der Waals surface area (Å²) in [6.45, 7) is 2.08. The smallest absolute Gasteiger partial charge is 0.277 e. The van der Waals surface area contributed by atoms with Gasteiger partial charge in [-0.2, -0.15) is 5.10 Å². The molecule has 3 aromatic carbocycles. The first-order chi connectivity index (χ1) is 14.8. The molecule has 0 aliphatic rings. The van der Waals surface area contributed by atoms with Crippen molar-refractivity contribution < 1.29 is 9.53 Å². The van der Waals surface area contributed by atoms with Crippen LogP contribution < -0.4 is 10.2 Å². The molecule has 3 rings (SSSR count). The van der Waals surface area contributed by atoms with E-state index in [9.17, 15) is 4.79 Å². The summed E-state index contributed by atoms with van der Waals surface area (Å²) in [4.78, 5) is 12.4. The Morgan fingerprint density at radius 3 is 2.27 bits per heavy atom. The van der Waals surface area contributed by atoms with Gasteiger partial charge in [-0.05, 0) is 30.0 Å². The lowest BCUT2D eigenvalue weighted by atomic mass is 10.0. The van der Waals surface area contributed by atoms with E-state index in [-0.39, 0.29) is 12.5 Å². The summed E-state index contributed by atoms with van der Waals surface area (Å²) in [6, 6.07) is 27.7. The van der Waals surface area contributed by atoms with Crippen molar-refractivity contribution in [1.82, 2.24) is 5.43 Å². The van der Waals surface area contributed by atoms with Crippen LogP contribution in [0.2, 0.25) is 0 Å². The molecule has 0 saturated carbocycles. The first-order valence-corrected chi connectivity index (χ1v) is 10.5. The fourth-order valence-electron chi connectivity index (χ4n) is 3.19. The number of carbonyl (C=O) groups is 1. The molecule has 0 unspecified atom stereocenters. The molecular formula is C26H28N2O2. The van der Waals surface area contributed by atoms with Gasteiger partial charge in [-0.15, -0.1) is 0 Å². The standard InChI is InChI=1S/C26H28N2O2/c1-2-3-6-18-24(22-15-9-5-10-16-22)27-28-26(29)20-30-25-19-12-11-17-23(25)21-13-7-4-8-14-21/h4-5,7-17,19H,2-3,6,18,20H2,1H3,(H,28,29). The van der Waals surface area contributed by atoms with Crippen LogP contribution >= 0.6 is 0 Å². The third kappa shape index (κ3) is 6.31. The molecular weight excluding hydrogens is 372 g/mol. The zero-order valence-electron chi connectivity index (χ0n) is 17.4. The van der Waals surface area contributed by atoms with Gasteiger partial charge in [0.25, 0.3) is 5.91 Å². The number of unbranched alkanes of at least 4 members (excludes halogenated alkanes) is 2. The number of ether oxygens (including phenoxy) is 1. The first kappa shape index (κ1) is 21.3. The van der Waals surface area contributed by atoms with Gasteiger partial charge in [-0.25, -0.2) is 5.43 Å². The van der Waals surface area contributed by atoms with Gasteiger partial charge in [-0.1, -0.05) is 98.6 Å². The van der Waals surface area contributed by atoms with E-state index in [1.165, 1.54) is 0 Å². The summed E-state index contributed by atoms with van der Waals surface area (Å²) in [6.07, 6.45) is 4.15. The molecule has 4 heteroatoms. The van der Waals surface area contributed by atoms with E-state index < -0.39 is 0 Å². The molecule has 4 nitrogen and oxygen atoms in total. The molecule has 0 fully saturated rings. The zero-order chi connectivity index (χ0) is 21.0. The van der Waals surface area contributed by atoms with Crippen molar-refractivity contribution in [2.45, 2.75) is 32.6 Å². The van der Waals surface area contributed by atoms with Crippen molar-refractivity contribution in [3.05, 3.63) is 90.5 Å². The molecule has 0 atom stereocenters. The zero-order valence-corrected chi connectivity index (χ0v) is 17.4. The molecule has 0 saturated heterocycles. The third-order valence-corrected chi connectivity index (χ3v) is 4.77. The maximum Gasteiger partial charge on any atom is 0.277 e. The second kappa shape index (κ2) is 11.6. The van der Waals surface area contributed by atoms with E-state index in [1.54, 1.807) is 0 Å². The second-order valence-electron chi connectivity index (χ2n) is 7.07. The van der Waals surface area contributed by atoms with Crippen molar-refractivity contribution in [2.24, 2.45) is 5.10 Å². The minimum atomic E-state index is -0.276. The molecule has 0 bridgehead atoms. The topological polar surface area (TPSA) is 50.7 Å². The van der Waals surface area contributed by atoms with Gasteiger partial charge >= 0.3 is 0 Å². The molecule has 0 radical (unpaired) electrons. The summed E-state index contributed by atoms with van der Waals surface area (Å²) < 4.78 is 5.81. The molecule has 0 aliphatic heterocycles. The van der Waals surface area contributed by atoms with Gasteiger partial charge in [0.2, 0.25) is 0 Å². The van der Waals surface area contributed by atoms with Crippen molar-refractivity contribution in [3.63, 3.8) is 0 Å². The van der Waals surface area contributed by atoms with Gasteiger partial charge in [-0.3, -0.25) is 4.79 Å². The largest absolute Gasteiger partial charge is 0.483 e. The monoisotopic (exact) mass is 400 g/mol. The third-order valence-electron chi connectivity index (χ3n) is 4.77. The summed E-state index contributed by atoms with van der Waals surface area (Å²) in [7, 11) is 0. The fraction of sp³-hybridized carbons (Fsp3) is 0.231. The Bertz CT molecular complexity index is 953. The maximum atomic E-state index is 12.4. The number of nitrogens with one attached hydrogen (secondary N) is 1. The maximum absolute atomic E-state index is 12.4. The highest BCUT2D eigenvalue weighted by atomic mass is 16.5. The quantitative estimate of drug-likeness (QED) is 0.264. The van der Waals surface area contributed by atoms with Gasteiger partial charge in [0.15, 0.2) is 6.61 Å². The van der Waals surface area contributed by atoms with Gasteiger partial charge in [0.05, 0.1) is 5.71 Å². The van der Waals surface area contributed by atoms with Crippen molar-refractivity contribution >= 4 is 11.6 Å². The van der Waals surface area contributed by atoms with Crippen molar-refractivity contribution in [1.29, 1.82) is 0 Å². The number of hydrogen-bond donors (Lipinski definition) is 1. The average Bonchev–Trinajstić information content (AvgIpc) is 2.81. The van der Waals surface area contributed by atoms with E-state index in [0.717, 1.165) is 48.1 Å². The summed E-state index contributed by atoms with van der Waals surface area (Å²) in [5, 5.41) is 4.40. The van der Waals surface area contributed by atoms with E-state index in [2.05, 4.69) is 17.5 Å². The number of benzene rings is 3.